The number of hydrogen-bond donors (Lipinski definition) is 1. The molecule has 0 fully saturated rings. The van der Waals surface area contributed by atoms with Crippen molar-refractivity contribution in [2.45, 2.75) is 17.7 Å². The number of pyridine rings is 1. The summed E-state index contributed by atoms with van der Waals surface area (Å²) < 4.78 is 33.2. The third kappa shape index (κ3) is 4.35. The number of carbonyl (C=O) groups is 1. The van der Waals surface area contributed by atoms with E-state index in [9.17, 15) is 13.2 Å². The molecule has 1 aliphatic rings. The number of aromatic nitrogens is 1. The van der Waals surface area contributed by atoms with Gasteiger partial charge in [-0.3, -0.25) is 14.5 Å². The Labute approximate surface area is 185 Å². The molecule has 1 N–H and O–H groups in total. The van der Waals surface area contributed by atoms with Gasteiger partial charge in [-0.25, -0.2) is 8.42 Å². The maximum Gasteiger partial charge on any atom is 0.261 e. The van der Waals surface area contributed by atoms with Gasteiger partial charge in [-0.05, 0) is 66.9 Å². The fourth-order valence-corrected chi connectivity index (χ4v) is 4.94. The van der Waals surface area contributed by atoms with Crippen LogP contribution in [0.4, 0.5) is 11.4 Å². The number of sulfonamides is 1. The number of carbonyl (C=O) groups excluding carboxylic acids is 1. The highest BCUT2D eigenvalue weighted by molar-refractivity contribution is 7.92. The number of methoxy groups -OCH3 is 1. The molecule has 0 bridgehead atoms. The molecular formula is C22H20ClN3O4S. The van der Waals surface area contributed by atoms with Crippen LogP contribution in [0.2, 0.25) is 5.02 Å². The summed E-state index contributed by atoms with van der Waals surface area (Å²) in [7, 11) is -2.38. The van der Waals surface area contributed by atoms with Crippen LogP contribution in [0.15, 0.2) is 65.8 Å². The van der Waals surface area contributed by atoms with Crippen LogP contribution in [0.3, 0.4) is 0 Å². The van der Waals surface area contributed by atoms with Crippen LogP contribution in [-0.2, 0) is 16.4 Å². The normalized spacial score (nSPS) is 13.4. The zero-order valence-electron chi connectivity index (χ0n) is 16.7. The van der Waals surface area contributed by atoms with Gasteiger partial charge in [0.15, 0.2) is 0 Å². The molecule has 1 aromatic heterocycles. The van der Waals surface area contributed by atoms with Crippen molar-refractivity contribution in [1.29, 1.82) is 0 Å². The molecule has 31 heavy (non-hydrogen) atoms. The summed E-state index contributed by atoms with van der Waals surface area (Å²) in [4.78, 5) is 18.6. The summed E-state index contributed by atoms with van der Waals surface area (Å²) in [6.07, 6.45) is 4.69. The van der Waals surface area contributed by atoms with Crippen LogP contribution in [0, 0.1) is 0 Å². The van der Waals surface area contributed by atoms with Crippen LogP contribution in [0.5, 0.6) is 5.75 Å². The summed E-state index contributed by atoms with van der Waals surface area (Å²) in [5.41, 5.74) is 2.60. The lowest BCUT2D eigenvalue weighted by molar-refractivity contribution is 0.0984. The van der Waals surface area contributed by atoms with Crippen molar-refractivity contribution >= 4 is 38.9 Å². The molecule has 0 saturated carbocycles. The number of aryl methyl sites for hydroxylation is 1. The molecule has 3 aromatic rings. The van der Waals surface area contributed by atoms with Crippen LogP contribution in [0.1, 0.15) is 22.3 Å². The summed E-state index contributed by atoms with van der Waals surface area (Å²) in [6.45, 7) is 0.593. The fourth-order valence-electron chi connectivity index (χ4n) is 3.55. The first kappa shape index (κ1) is 21.1. The monoisotopic (exact) mass is 457 g/mol. The van der Waals surface area contributed by atoms with E-state index in [1.165, 1.54) is 25.3 Å². The maximum absolute atomic E-state index is 12.9. The first-order valence-corrected chi connectivity index (χ1v) is 11.5. The van der Waals surface area contributed by atoms with Gasteiger partial charge in [0.1, 0.15) is 5.75 Å². The number of amides is 1. The Hall–Kier alpha value is -3.10. The van der Waals surface area contributed by atoms with Crippen molar-refractivity contribution in [3.05, 3.63) is 77.1 Å². The van der Waals surface area contributed by atoms with Crippen molar-refractivity contribution in [3.8, 4) is 5.75 Å². The molecule has 9 heteroatoms. The molecule has 1 amide bonds. The van der Waals surface area contributed by atoms with Gasteiger partial charge in [-0.2, -0.15) is 0 Å². The van der Waals surface area contributed by atoms with Crippen molar-refractivity contribution < 1.29 is 17.9 Å². The standard InChI is InChI=1S/C22H20ClN3O4S/c1-30-21-9-7-18(13-19(21)23)31(28,29)25-17-6-8-20-15(12-17)5-3-11-26(20)22(27)16-4-2-10-24-14-16/h2,4,6-10,12-14,25H,3,5,11H2,1H3. The second-order valence-corrected chi connectivity index (χ2v) is 9.14. The van der Waals surface area contributed by atoms with Crippen molar-refractivity contribution in [2.75, 3.05) is 23.3 Å². The second-order valence-electron chi connectivity index (χ2n) is 7.05. The van der Waals surface area contributed by atoms with Gasteiger partial charge in [0.2, 0.25) is 0 Å². The third-order valence-electron chi connectivity index (χ3n) is 5.04. The predicted octanol–water partition coefficient (Wildman–Crippen LogP) is 4.14. The molecule has 0 atom stereocenters. The quantitative estimate of drug-likeness (QED) is 0.622. The van der Waals surface area contributed by atoms with Crippen LogP contribution in [0.25, 0.3) is 0 Å². The topological polar surface area (TPSA) is 88.6 Å². The molecule has 0 spiro atoms. The van der Waals surface area contributed by atoms with E-state index >= 15 is 0 Å². The van der Waals surface area contributed by atoms with E-state index in [1.807, 2.05) is 0 Å². The van der Waals surface area contributed by atoms with E-state index in [0.717, 1.165) is 24.1 Å². The van der Waals surface area contributed by atoms with E-state index in [2.05, 4.69) is 9.71 Å². The molecule has 2 aromatic carbocycles. The smallest absolute Gasteiger partial charge is 0.261 e. The molecule has 160 valence electrons. The fraction of sp³-hybridized carbons (Fsp3) is 0.182. The Morgan fingerprint density at radius 1 is 1.19 bits per heavy atom. The van der Waals surface area contributed by atoms with E-state index in [1.54, 1.807) is 47.6 Å². The van der Waals surface area contributed by atoms with Gasteiger partial charge < -0.3 is 9.64 Å². The van der Waals surface area contributed by atoms with Gasteiger partial charge in [0, 0.05) is 30.3 Å². The number of benzene rings is 2. The molecule has 7 nitrogen and oxygen atoms in total. The van der Waals surface area contributed by atoms with Gasteiger partial charge in [-0.15, -0.1) is 0 Å². The number of hydrogen-bond acceptors (Lipinski definition) is 5. The molecular weight excluding hydrogens is 438 g/mol. The van der Waals surface area contributed by atoms with E-state index in [-0.39, 0.29) is 15.8 Å². The zero-order valence-corrected chi connectivity index (χ0v) is 18.3. The van der Waals surface area contributed by atoms with Crippen molar-refractivity contribution in [1.82, 2.24) is 4.98 Å². The van der Waals surface area contributed by atoms with E-state index in [4.69, 9.17) is 16.3 Å². The number of nitrogens with zero attached hydrogens (tertiary/aromatic N) is 2. The molecule has 4 rings (SSSR count). The van der Waals surface area contributed by atoms with Crippen LogP contribution < -0.4 is 14.4 Å². The Bertz CT molecular complexity index is 1230. The van der Waals surface area contributed by atoms with Crippen LogP contribution in [-0.4, -0.2) is 33.0 Å². The number of fused-ring (bicyclic) bond motifs is 1. The Kier molecular flexibility index (Phi) is 5.84. The minimum atomic E-state index is -3.84. The second kappa shape index (κ2) is 8.56. The zero-order chi connectivity index (χ0) is 22.0. The molecule has 0 aliphatic carbocycles. The van der Waals surface area contributed by atoms with Gasteiger partial charge in [-0.1, -0.05) is 11.6 Å². The molecule has 2 heterocycles. The molecule has 0 radical (unpaired) electrons. The predicted molar refractivity (Wildman–Crippen MR) is 119 cm³/mol. The Morgan fingerprint density at radius 2 is 2.03 bits per heavy atom. The molecule has 0 unspecified atom stereocenters. The van der Waals surface area contributed by atoms with E-state index in [0.29, 0.717) is 23.5 Å². The highest BCUT2D eigenvalue weighted by Crippen LogP contribution is 2.32. The average Bonchev–Trinajstić information content (AvgIpc) is 2.78. The first-order valence-electron chi connectivity index (χ1n) is 9.60. The highest BCUT2D eigenvalue weighted by atomic mass is 35.5. The van der Waals surface area contributed by atoms with Gasteiger partial charge >= 0.3 is 0 Å². The van der Waals surface area contributed by atoms with Gasteiger partial charge in [0.05, 0.1) is 22.6 Å². The Balaban J connectivity index is 1.59. The lowest BCUT2D eigenvalue weighted by Crippen LogP contribution is -2.35. The number of ether oxygens (including phenoxy) is 1. The van der Waals surface area contributed by atoms with Crippen molar-refractivity contribution in [3.63, 3.8) is 0 Å². The lowest BCUT2D eigenvalue weighted by atomic mass is 10.0. The van der Waals surface area contributed by atoms with E-state index < -0.39 is 10.0 Å². The minimum Gasteiger partial charge on any atom is -0.495 e. The van der Waals surface area contributed by atoms with Crippen LogP contribution >= 0.6 is 11.6 Å². The number of anilines is 2. The summed E-state index contributed by atoms with van der Waals surface area (Å²) in [6, 6.07) is 12.9. The van der Waals surface area contributed by atoms with Gasteiger partial charge in [0.25, 0.3) is 15.9 Å². The lowest BCUT2D eigenvalue weighted by Gasteiger charge is -2.30. The summed E-state index contributed by atoms with van der Waals surface area (Å²) in [5, 5.41) is 0.209. The largest absolute Gasteiger partial charge is 0.495 e. The summed E-state index contributed by atoms with van der Waals surface area (Å²) in [5.74, 6) is 0.267. The maximum atomic E-state index is 12.9. The highest BCUT2D eigenvalue weighted by Gasteiger charge is 2.25. The average molecular weight is 458 g/mol. The van der Waals surface area contributed by atoms with Crippen molar-refractivity contribution in [2.24, 2.45) is 0 Å². The number of halogens is 1. The first-order chi connectivity index (χ1) is 14.9. The SMILES string of the molecule is COc1ccc(S(=O)(=O)Nc2ccc3c(c2)CCCN3C(=O)c2cccnc2)cc1Cl. The Morgan fingerprint density at radius 3 is 2.74 bits per heavy atom. The summed E-state index contributed by atoms with van der Waals surface area (Å²) >= 11 is 6.07. The number of rotatable bonds is 5. The minimum absolute atomic E-state index is 0.0319. The molecule has 1 aliphatic heterocycles. The molecule has 0 saturated heterocycles. The third-order valence-corrected chi connectivity index (χ3v) is 6.71. The number of nitrogens with one attached hydrogen (secondary N) is 1.